The Morgan fingerprint density at radius 3 is 2.79 bits per heavy atom. The minimum atomic E-state index is -0.833. The summed E-state index contributed by atoms with van der Waals surface area (Å²) in [6.07, 6.45) is 5.24. The van der Waals surface area contributed by atoms with Crippen molar-refractivity contribution >= 4 is 0 Å². The number of aromatic nitrogens is 1. The molecule has 4 heterocycles. The Bertz CT molecular complexity index is 317. The molecule has 1 aromatic rings. The van der Waals surface area contributed by atoms with Gasteiger partial charge in [-0.15, -0.1) is 0 Å². The van der Waals surface area contributed by atoms with Crippen molar-refractivity contribution in [1.29, 1.82) is 0 Å². The van der Waals surface area contributed by atoms with Crippen molar-refractivity contribution in [2.75, 3.05) is 19.6 Å². The van der Waals surface area contributed by atoms with E-state index in [0.717, 1.165) is 25.9 Å². The lowest BCUT2D eigenvalue weighted by atomic mass is 9.75. The van der Waals surface area contributed by atoms with Crippen LogP contribution in [0.1, 0.15) is 18.7 Å². The molecule has 4 rings (SSSR count). The molecule has 14 heavy (non-hydrogen) atoms. The number of piperidine rings is 3. The summed E-state index contributed by atoms with van der Waals surface area (Å²) in [5.74, 6) is 0.818. The molecule has 0 aromatic carbocycles. The van der Waals surface area contributed by atoms with E-state index in [1.54, 1.807) is 6.20 Å². The van der Waals surface area contributed by atoms with Crippen LogP contribution in [-0.4, -0.2) is 34.6 Å². The van der Waals surface area contributed by atoms with Crippen LogP contribution in [0.25, 0.3) is 0 Å². The average molecular weight is 194 g/mol. The molecule has 1 N–H and O–H groups in total. The zero-order valence-corrected chi connectivity index (χ0v) is 8.02. The maximum Gasteiger partial charge on any atom is 0.227 e. The lowest BCUT2D eigenvalue weighted by Crippen LogP contribution is -2.57. The number of rotatable bonds is 1. The number of nitrogens with zero attached hydrogens (tertiary/aromatic N) is 2. The summed E-state index contributed by atoms with van der Waals surface area (Å²) >= 11 is 0. The molecular formula is C10H14N2O2. The van der Waals surface area contributed by atoms with Gasteiger partial charge in [0.2, 0.25) is 5.89 Å². The summed E-state index contributed by atoms with van der Waals surface area (Å²) in [5.41, 5.74) is -0.833. The smallest absolute Gasteiger partial charge is 0.227 e. The highest BCUT2D eigenvalue weighted by molar-refractivity contribution is 5.07. The quantitative estimate of drug-likeness (QED) is 0.710. The molecule has 3 aliphatic rings. The van der Waals surface area contributed by atoms with E-state index in [1.165, 1.54) is 6.26 Å². The molecule has 4 nitrogen and oxygen atoms in total. The molecule has 0 radical (unpaired) electrons. The van der Waals surface area contributed by atoms with Gasteiger partial charge in [-0.1, -0.05) is 0 Å². The number of hydrogen-bond acceptors (Lipinski definition) is 4. The number of fused-ring (bicyclic) bond motifs is 3. The summed E-state index contributed by atoms with van der Waals surface area (Å²) in [6, 6.07) is 0. The highest BCUT2D eigenvalue weighted by atomic mass is 16.4. The maximum atomic E-state index is 10.5. The van der Waals surface area contributed by atoms with Crippen LogP contribution in [0.4, 0.5) is 0 Å². The fourth-order valence-corrected chi connectivity index (χ4v) is 2.72. The Morgan fingerprint density at radius 1 is 1.50 bits per heavy atom. The first-order valence-corrected chi connectivity index (χ1v) is 5.14. The molecule has 3 fully saturated rings. The van der Waals surface area contributed by atoms with E-state index in [-0.39, 0.29) is 0 Å². The minimum absolute atomic E-state index is 0.325. The molecule has 0 aliphatic carbocycles. The van der Waals surface area contributed by atoms with Crippen LogP contribution in [0.2, 0.25) is 0 Å². The molecule has 3 saturated heterocycles. The number of hydrogen-bond donors (Lipinski definition) is 1. The van der Waals surface area contributed by atoms with E-state index < -0.39 is 5.60 Å². The Morgan fingerprint density at radius 2 is 2.29 bits per heavy atom. The van der Waals surface area contributed by atoms with Gasteiger partial charge in [0.05, 0.1) is 6.20 Å². The maximum absolute atomic E-state index is 10.5. The van der Waals surface area contributed by atoms with Crippen LogP contribution < -0.4 is 0 Å². The largest absolute Gasteiger partial charge is 0.446 e. The topological polar surface area (TPSA) is 49.5 Å². The summed E-state index contributed by atoms with van der Waals surface area (Å²) in [5, 5.41) is 10.5. The zero-order chi connectivity index (χ0) is 9.60. The van der Waals surface area contributed by atoms with E-state index >= 15 is 0 Å². The van der Waals surface area contributed by atoms with Gasteiger partial charge in [0.25, 0.3) is 0 Å². The first-order chi connectivity index (χ1) is 6.79. The number of aliphatic hydroxyl groups is 1. The molecule has 0 saturated carbocycles. The average Bonchev–Trinajstić information content (AvgIpc) is 2.72. The van der Waals surface area contributed by atoms with E-state index in [1.807, 2.05) is 0 Å². The second kappa shape index (κ2) is 2.81. The van der Waals surface area contributed by atoms with Crippen LogP contribution in [0.3, 0.4) is 0 Å². The second-order valence-electron chi connectivity index (χ2n) is 4.31. The highest BCUT2D eigenvalue weighted by Gasteiger charge is 2.49. The van der Waals surface area contributed by atoms with Gasteiger partial charge in [0.15, 0.2) is 5.60 Å². The predicted molar refractivity (Wildman–Crippen MR) is 49.6 cm³/mol. The summed E-state index contributed by atoms with van der Waals surface area (Å²) in [6.45, 7) is 2.89. The fraction of sp³-hybridized carbons (Fsp3) is 0.700. The first kappa shape index (κ1) is 8.44. The third kappa shape index (κ3) is 1.04. The van der Waals surface area contributed by atoms with Crippen molar-refractivity contribution < 1.29 is 9.52 Å². The van der Waals surface area contributed by atoms with Gasteiger partial charge in [-0.25, -0.2) is 4.98 Å². The molecule has 0 spiro atoms. The first-order valence-electron chi connectivity index (χ1n) is 5.14. The predicted octanol–water partition coefficient (Wildman–Crippen LogP) is 0.588. The molecule has 4 heteroatoms. The third-order valence-electron chi connectivity index (χ3n) is 3.53. The zero-order valence-electron chi connectivity index (χ0n) is 8.02. The van der Waals surface area contributed by atoms with E-state index in [0.29, 0.717) is 18.4 Å². The SMILES string of the molecule is OC1(c2ncco2)CN2CCC1CC2. The van der Waals surface area contributed by atoms with Crippen LogP contribution in [-0.2, 0) is 5.60 Å². The summed E-state index contributed by atoms with van der Waals surface area (Å²) in [4.78, 5) is 6.37. The molecular weight excluding hydrogens is 180 g/mol. The van der Waals surface area contributed by atoms with Gasteiger partial charge in [-0.2, -0.15) is 0 Å². The third-order valence-corrected chi connectivity index (χ3v) is 3.53. The van der Waals surface area contributed by atoms with Gasteiger partial charge in [-0.3, -0.25) is 4.90 Å². The Hall–Kier alpha value is -0.870. The van der Waals surface area contributed by atoms with Gasteiger partial charge < -0.3 is 9.52 Å². The molecule has 1 atom stereocenters. The highest BCUT2D eigenvalue weighted by Crippen LogP contribution is 2.41. The van der Waals surface area contributed by atoms with Gasteiger partial charge in [0, 0.05) is 12.5 Å². The molecule has 76 valence electrons. The van der Waals surface area contributed by atoms with Gasteiger partial charge >= 0.3 is 0 Å². The van der Waals surface area contributed by atoms with Crippen molar-refractivity contribution in [3.63, 3.8) is 0 Å². The van der Waals surface area contributed by atoms with Crippen molar-refractivity contribution in [2.24, 2.45) is 5.92 Å². The second-order valence-corrected chi connectivity index (χ2v) is 4.31. The van der Waals surface area contributed by atoms with Crippen LogP contribution >= 0.6 is 0 Å². The lowest BCUT2D eigenvalue weighted by molar-refractivity contribution is -0.132. The van der Waals surface area contributed by atoms with Gasteiger partial charge in [0.1, 0.15) is 6.26 Å². The van der Waals surface area contributed by atoms with E-state index in [9.17, 15) is 5.11 Å². The van der Waals surface area contributed by atoms with E-state index in [4.69, 9.17) is 4.42 Å². The lowest BCUT2D eigenvalue weighted by Gasteiger charge is -2.48. The van der Waals surface area contributed by atoms with Crippen molar-refractivity contribution in [3.05, 3.63) is 18.4 Å². The summed E-state index contributed by atoms with van der Waals surface area (Å²) in [7, 11) is 0. The van der Waals surface area contributed by atoms with Crippen molar-refractivity contribution in [2.45, 2.75) is 18.4 Å². The fourth-order valence-electron chi connectivity index (χ4n) is 2.72. The Kier molecular flexibility index (Phi) is 1.69. The number of oxazole rings is 1. The normalized spacial score (nSPS) is 41.5. The Labute approximate surface area is 82.5 Å². The summed E-state index contributed by atoms with van der Waals surface area (Å²) < 4.78 is 5.24. The monoisotopic (exact) mass is 194 g/mol. The molecule has 3 aliphatic heterocycles. The molecule has 2 bridgehead atoms. The van der Waals surface area contributed by atoms with E-state index in [2.05, 4.69) is 9.88 Å². The van der Waals surface area contributed by atoms with Crippen LogP contribution in [0.15, 0.2) is 16.9 Å². The standard InChI is InChI=1S/C10H14N2O2/c13-10(9-11-3-6-14-9)7-12-4-1-8(10)2-5-12/h3,6,8,13H,1-2,4-5,7H2. The van der Waals surface area contributed by atoms with Crippen molar-refractivity contribution in [3.8, 4) is 0 Å². The van der Waals surface area contributed by atoms with Crippen molar-refractivity contribution in [1.82, 2.24) is 9.88 Å². The molecule has 1 unspecified atom stereocenters. The molecule has 1 aromatic heterocycles. The Balaban J connectivity index is 1.96. The minimum Gasteiger partial charge on any atom is -0.446 e. The van der Waals surface area contributed by atoms with Crippen LogP contribution in [0, 0.1) is 5.92 Å². The molecule has 0 amide bonds. The van der Waals surface area contributed by atoms with Gasteiger partial charge in [-0.05, 0) is 25.9 Å². The van der Waals surface area contributed by atoms with Crippen LogP contribution in [0.5, 0.6) is 0 Å².